The van der Waals surface area contributed by atoms with Crippen LogP contribution in [0.1, 0.15) is 60.2 Å². The average molecular weight is 359 g/mol. The maximum absolute atomic E-state index is 13.3. The van der Waals surface area contributed by atoms with Crippen molar-refractivity contribution < 1.29 is 23.9 Å². The summed E-state index contributed by atoms with van der Waals surface area (Å²) in [5.74, 6) is -0.959. The molecular weight excluding hydrogens is 334 g/mol. The van der Waals surface area contributed by atoms with Gasteiger partial charge in [-0.05, 0) is 44.7 Å². The molecule has 0 radical (unpaired) electrons. The smallest absolute Gasteiger partial charge is 0.338 e. The van der Waals surface area contributed by atoms with E-state index in [1.807, 2.05) is 11.8 Å². The lowest BCUT2D eigenvalue weighted by Crippen LogP contribution is -2.45. The van der Waals surface area contributed by atoms with Gasteiger partial charge in [0.2, 0.25) is 0 Å². The summed E-state index contributed by atoms with van der Waals surface area (Å²) in [6.45, 7) is 4.10. The Morgan fingerprint density at radius 3 is 2.46 bits per heavy atom. The van der Waals surface area contributed by atoms with E-state index < -0.39 is 11.4 Å². The number of hydrogen-bond acceptors (Lipinski definition) is 5. The summed E-state index contributed by atoms with van der Waals surface area (Å²) < 4.78 is 10.1. The first kappa shape index (κ1) is 18.4. The number of hydrogen-bond donors (Lipinski definition) is 0. The minimum Gasteiger partial charge on any atom is -0.466 e. The fourth-order valence-electron chi connectivity index (χ4n) is 4.60. The van der Waals surface area contributed by atoms with E-state index in [2.05, 4.69) is 0 Å². The monoisotopic (exact) mass is 359 g/mol. The van der Waals surface area contributed by atoms with Crippen molar-refractivity contribution in [2.45, 2.75) is 51.6 Å². The van der Waals surface area contributed by atoms with Crippen LogP contribution in [0.15, 0.2) is 24.3 Å². The maximum atomic E-state index is 13.3. The van der Waals surface area contributed by atoms with Crippen LogP contribution in [0.5, 0.6) is 0 Å². The molecule has 2 aliphatic heterocycles. The Morgan fingerprint density at radius 1 is 1.15 bits per heavy atom. The SMILES string of the molecule is CCOC(=O)[C@@]1(CC)C[C@H]2CC[C@@H]1N2C(=O)c1ccccc1C(=O)OC. The molecule has 1 amide bonds. The van der Waals surface area contributed by atoms with Crippen LogP contribution >= 0.6 is 0 Å². The normalized spacial score (nSPS) is 26.7. The number of ether oxygens (including phenoxy) is 2. The number of rotatable bonds is 5. The van der Waals surface area contributed by atoms with Crippen molar-refractivity contribution in [3.63, 3.8) is 0 Å². The summed E-state index contributed by atoms with van der Waals surface area (Å²) in [7, 11) is 1.30. The summed E-state index contributed by atoms with van der Waals surface area (Å²) in [5.41, 5.74) is -0.0639. The highest BCUT2D eigenvalue weighted by Crippen LogP contribution is 2.53. The molecule has 2 bridgehead atoms. The van der Waals surface area contributed by atoms with Crippen molar-refractivity contribution >= 4 is 17.8 Å². The third-order valence-electron chi connectivity index (χ3n) is 5.85. The molecule has 1 aromatic rings. The number of nitrogens with zero attached hydrogens (tertiary/aromatic N) is 1. The van der Waals surface area contributed by atoms with Gasteiger partial charge in [0.05, 0.1) is 30.3 Å². The van der Waals surface area contributed by atoms with Crippen LogP contribution in [-0.2, 0) is 14.3 Å². The van der Waals surface area contributed by atoms with Gasteiger partial charge in [-0.25, -0.2) is 4.79 Å². The molecule has 0 aliphatic carbocycles. The first-order valence-corrected chi connectivity index (χ1v) is 9.17. The van der Waals surface area contributed by atoms with Crippen LogP contribution in [0.4, 0.5) is 0 Å². The topological polar surface area (TPSA) is 72.9 Å². The Hall–Kier alpha value is -2.37. The molecule has 2 aliphatic rings. The lowest BCUT2D eigenvalue weighted by atomic mass is 9.72. The zero-order chi connectivity index (χ0) is 18.9. The van der Waals surface area contributed by atoms with Gasteiger partial charge in [-0.15, -0.1) is 0 Å². The van der Waals surface area contributed by atoms with Crippen LogP contribution in [0.2, 0.25) is 0 Å². The quantitative estimate of drug-likeness (QED) is 0.756. The zero-order valence-corrected chi connectivity index (χ0v) is 15.5. The highest BCUT2D eigenvalue weighted by molar-refractivity contribution is 6.06. The number of benzene rings is 1. The van der Waals surface area contributed by atoms with Crippen molar-refractivity contribution in [3.05, 3.63) is 35.4 Å². The molecule has 1 aromatic carbocycles. The minimum absolute atomic E-state index is 0.00237. The third kappa shape index (κ3) is 2.68. The van der Waals surface area contributed by atoms with Crippen LogP contribution in [0.3, 0.4) is 0 Å². The molecule has 0 N–H and O–H groups in total. The van der Waals surface area contributed by atoms with Gasteiger partial charge in [0.1, 0.15) is 0 Å². The number of carbonyl (C=O) groups excluding carboxylic acids is 3. The summed E-state index contributed by atoms with van der Waals surface area (Å²) in [6, 6.07) is 6.49. The molecule has 0 spiro atoms. The number of esters is 2. The van der Waals surface area contributed by atoms with Crippen molar-refractivity contribution in [2.75, 3.05) is 13.7 Å². The zero-order valence-electron chi connectivity index (χ0n) is 15.5. The molecular formula is C20H25NO5. The minimum atomic E-state index is -0.644. The third-order valence-corrected chi connectivity index (χ3v) is 5.85. The standard InChI is InChI=1S/C20H25NO5/c1-4-20(19(24)26-5-2)12-13-10-11-16(20)21(13)17(22)14-8-6-7-9-15(14)18(23)25-3/h6-9,13,16H,4-5,10-12H2,1-3H3/t13-,16+,20+/m1/s1. The van der Waals surface area contributed by atoms with E-state index in [1.165, 1.54) is 7.11 Å². The number of methoxy groups -OCH3 is 1. The number of amides is 1. The highest BCUT2D eigenvalue weighted by atomic mass is 16.5. The van der Waals surface area contributed by atoms with Crippen LogP contribution in [0, 0.1) is 5.41 Å². The molecule has 0 saturated carbocycles. The average Bonchev–Trinajstić information content (AvgIpc) is 3.23. The number of carbonyl (C=O) groups is 3. The molecule has 0 unspecified atom stereocenters. The van der Waals surface area contributed by atoms with Gasteiger partial charge in [0, 0.05) is 12.1 Å². The van der Waals surface area contributed by atoms with E-state index >= 15 is 0 Å². The molecule has 26 heavy (non-hydrogen) atoms. The van der Waals surface area contributed by atoms with E-state index in [4.69, 9.17) is 9.47 Å². The van der Waals surface area contributed by atoms with Gasteiger partial charge in [-0.2, -0.15) is 0 Å². The van der Waals surface area contributed by atoms with Crippen molar-refractivity contribution in [2.24, 2.45) is 5.41 Å². The van der Waals surface area contributed by atoms with Crippen molar-refractivity contribution in [1.82, 2.24) is 4.90 Å². The first-order chi connectivity index (χ1) is 12.5. The van der Waals surface area contributed by atoms with Crippen molar-refractivity contribution in [1.29, 1.82) is 0 Å². The van der Waals surface area contributed by atoms with Gasteiger partial charge >= 0.3 is 11.9 Å². The summed E-state index contributed by atoms with van der Waals surface area (Å²) >= 11 is 0. The molecule has 140 valence electrons. The van der Waals surface area contributed by atoms with Gasteiger partial charge in [0.25, 0.3) is 5.91 Å². The lowest BCUT2D eigenvalue weighted by Gasteiger charge is -2.34. The van der Waals surface area contributed by atoms with Crippen LogP contribution < -0.4 is 0 Å². The Balaban J connectivity index is 1.95. The molecule has 2 saturated heterocycles. The van der Waals surface area contributed by atoms with Crippen molar-refractivity contribution in [3.8, 4) is 0 Å². The summed E-state index contributed by atoms with van der Waals surface area (Å²) in [6.07, 6.45) is 2.91. The Bertz CT molecular complexity index is 731. The Kier molecular flexibility index (Phi) is 5.03. The molecule has 6 heteroatoms. The van der Waals surface area contributed by atoms with E-state index in [-0.39, 0.29) is 29.5 Å². The predicted octanol–water partition coefficient (Wildman–Crippen LogP) is 2.81. The second-order valence-corrected chi connectivity index (χ2v) is 6.93. The van der Waals surface area contributed by atoms with Gasteiger partial charge in [-0.3, -0.25) is 9.59 Å². The van der Waals surface area contributed by atoms with Gasteiger partial charge < -0.3 is 14.4 Å². The summed E-state index contributed by atoms with van der Waals surface area (Å²) in [5, 5.41) is 0. The molecule has 2 heterocycles. The summed E-state index contributed by atoms with van der Waals surface area (Å²) in [4.78, 5) is 39.8. The van der Waals surface area contributed by atoms with Gasteiger partial charge in [0.15, 0.2) is 0 Å². The van der Waals surface area contributed by atoms with E-state index in [0.717, 1.165) is 12.8 Å². The fourth-order valence-corrected chi connectivity index (χ4v) is 4.60. The second kappa shape index (κ2) is 7.09. The largest absolute Gasteiger partial charge is 0.466 e. The predicted molar refractivity (Wildman–Crippen MR) is 94.7 cm³/mol. The van der Waals surface area contributed by atoms with Crippen LogP contribution in [-0.4, -0.2) is 48.5 Å². The van der Waals surface area contributed by atoms with E-state index in [0.29, 0.717) is 25.0 Å². The molecule has 6 nitrogen and oxygen atoms in total. The molecule has 3 atom stereocenters. The Labute approximate surface area is 153 Å². The molecule has 0 aromatic heterocycles. The molecule has 2 fully saturated rings. The van der Waals surface area contributed by atoms with E-state index in [9.17, 15) is 14.4 Å². The maximum Gasteiger partial charge on any atom is 0.338 e. The molecule has 3 rings (SSSR count). The highest BCUT2D eigenvalue weighted by Gasteiger charge is 2.61. The lowest BCUT2D eigenvalue weighted by molar-refractivity contribution is -0.157. The first-order valence-electron chi connectivity index (χ1n) is 9.17. The number of fused-ring (bicyclic) bond motifs is 2. The fraction of sp³-hybridized carbons (Fsp3) is 0.550. The van der Waals surface area contributed by atoms with Crippen LogP contribution in [0.25, 0.3) is 0 Å². The second-order valence-electron chi connectivity index (χ2n) is 6.93. The Morgan fingerprint density at radius 2 is 1.85 bits per heavy atom. The van der Waals surface area contributed by atoms with E-state index in [1.54, 1.807) is 31.2 Å². The van der Waals surface area contributed by atoms with Gasteiger partial charge in [-0.1, -0.05) is 19.1 Å².